The number of amides is 1. The standard InChI is InChI=1S/C12H23NO2/c1-2-6-11-7-3-4-9-13(11)12(15)8-5-10-14/h11,14H,2-10H2,1H3. The average molecular weight is 213 g/mol. The van der Waals surface area contributed by atoms with Gasteiger partial charge < -0.3 is 10.0 Å². The first-order valence-electron chi connectivity index (χ1n) is 6.20. The predicted molar refractivity (Wildman–Crippen MR) is 60.6 cm³/mol. The highest BCUT2D eigenvalue weighted by Gasteiger charge is 2.25. The molecule has 0 spiro atoms. The molecule has 1 N–H and O–H groups in total. The van der Waals surface area contributed by atoms with E-state index in [1.165, 1.54) is 12.8 Å². The fraction of sp³-hybridized carbons (Fsp3) is 0.917. The number of likely N-dealkylation sites (tertiary alicyclic amines) is 1. The van der Waals surface area contributed by atoms with Crippen LogP contribution in [0.2, 0.25) is 0 Å². The van der Waals surface area contributed by atoms with E-state index in [4.69, 9.17) is 5.11 Å². The summed E-state index contributed by atoms with van der Waals surface area (Å²) < 4.78 is 0. The van der Waals surface area contributed by atoms with E-state index < -0.39 is 0 Å². The number of piperidine rings is 1. The van der Waals surface area contributed by atoms with Gasteiger partial charge in [0.2, 0.25) is 5.91 Å². The van der Waals surface area contributed by atoms with E-state index in [1.807, 2.05) is 4.90 Å². The van der Waals surface area contributed by atoms with Gasteiger partial charge in [-0.15, -0.1) is 0 Å². The third kappa shape index (κ3) is 3.82. The minimum Gasteiger partial charge on any atom is -0.396 e. The third-order valence-electron chi connectivity index (χ3n) is 3.12. The van der Waals surface area contributed by atoms with Gasteiger partial charge in [-0.25, -0.2) is 0 Å². The van der Waals surface area contributed by atoms with Crippen molar-refractivity contribution in [3.8, 4) is 0 Å². The maximum atomic E-state index is 11.9. The zero-order valence-electron chi connectivity index (χ0n) is 9.74. The lowest BCUT2D eigenvalue weighted by atomic mass is 9.97. The van der Waals surface area contributed by atoms with Crippen LogP contribution in [0.1, 0.15) is 51.9 Å². The minimum absolute atomic E-state index is 0.123. The van der Waals surface area contributed by atoms with E-state index >= 15 is 0 Å². The molecule has 1 aliphatic heterocycles. The van der Waals surface area contributed by atoms with Crippen LogP contribution in [0.3, 0.4) is 0 Å². The number of carbonyl (C=O) groups excluding carboxylic acids is 1. The fourth-order valence-corrected chi connectivity index (χ4v) is 2.34. The number of aliphatic hydroxyl groups excluding tert-OH is 1. The van der Waals surface area contributed by atoms with E-state index in [9.17, 15) is 4.79 Å². The second kappa shape index (κ2) is 6.83. The summed E-state index contributed by atoms with van der Waals surface area (Å²) in [4.78, 5) is 13.9. The Morgan fingerprint density at radius 2 is 2.27 bits per heavy atom. The Hall–Kier alpha value is -0.570. The normalized spacial score (nSPS) is 21.7. The zero-order chi connectivity index (χ0) is 11.1. The Labute approximate surface area is 92.5 Å². The molecule has 0 aromatic carbocycles. The van der Waals surface area contributed by atoms with Gasteiger partial charge in [-0.05, 0) is 32.1 Å². The van der Waals surface area contributed by atoms with Gasteiger partial charge in [-0.3, -0.25) is 4.79 Å². The van der Waals surface area contributed by atoms with Crippen LogP contribution in [0.15, 0.2) is 0 Å². The molecule has 0 radical (unpaired) electrons. The molecule has 0 saturated carbocycles. The Kier molecular flexibility index (Phi) is 5.69. The molecule has 3 nitrogen and oxygen atoms in total. The van der Waals surface area contributed by atoms with Crippen molar-refractivity contribution in [3.05, 3.63) is 0 Å². The highest BCUT2D eigenvalue weighted by Crippen LogP contribution is 2.21. The highest BCUT2D eigenvalue weighted by molar-refractivity contribution is 5.76. The molecule has 1 saturated heterocycles. The molecule has 0 aromatic rings. The van der Waals surface area contributed by atoms with Crippen molar-refractivity contribution in [1.29, 1.82) is 0 Å². The Morgan fingerprint density at radius 3 is 2.93 bits per heavy atom. The van der Waals surface area contributed by atoms with Crippen molar-refractivity contribution in [1.82, 2.24) is 4.90 Å². The van der Waals surface area contributed by atoms with Crippen LogP contribution in [0.25, 0.3) is 0 Å². The third-order valence-corrected chi connectivity index (χ3v) is 3.12. The second-order valence-electron chi connectivity index (χ2n) is 4.35. The number of hydrogen-bond acceptors (Lipinski definition) is 2. The maximum Gasteiger partial charge on any atom is 0.222 e. The lowest BCUT2D eigenvalue weighted by molar-refractivity contribution is -0.135. The van der Waals surface area contributed by atoms with Crippen LogP contribution < -0.4 is 0 Å². The van der Waals surface area contributed by atoms with Crippen molar-refractivity contribution >= 4 is 5.91 Å². The average Bonchev–Trinajstić information content (AvgIpc) is 2.27. The van der Waals surface area contributed by atoms with E-state index in [-0.39, 0.29) is 12.5 Å². The summed E-state index contributed by atoms with van der Waals surface area (Å²) in [6, 6.07) is 0.468. The van der Waals surface area contributed by atoms with Crippen molar-refractivity contribution in [2.45, 2.75) is 57.9 Å². The topological polar surface area (TPSA) is 40.5 Å². The summed E-state index contributed by atoms with van der Waals surface area (Å²) in [5, 5.41) is 8.71. The van der Waals surface area contributed by atoms with Gasteiger partial charge in [0.25, 0.3) is 0 Å². The number of nitrogens with zero attached hydrogens (tertiary/aromatic N) is 1. The van der Waals surface area contributed by atoms with Gasteiger partial charge in [0.1, 0.15) is 0 Å². The van der Waals surface area contributed by atoms with Gasteiger partial charge in [-0.2, -0.15) is 0 Å². The number of hydrogen-bond donors (Lipinski definition) is 1. The quantitative estimate of drug-likeness (QED) is 0.758. The molecule has 1 heterocycles. The SMILES string of the molecule is CCCC1CCCCN1C(=O)CCCO. The molecule has 1 amide bonds. The number of aliphatic hydroxyl groups is 1. The van der Waals surface area contributed by atoms with Crippen molar-refractivity contribution in [2.75, 3.05) is 13.2 Å². The maximum absolute atomic E-state index is 11.9. The van der Waals surface area contributed by atoms with Gasteiger partial charge in [-0.1, -0.05) is 13.3 Å². The first kappa shape index (κ1) is 12.5. The molecule has 0 bridgehead atoms. The van der Waals surface area contributed by atoms with E-state index in [0.717, 1.165) is 25.8 Å². The fourth-order valence-electron chi connectivity index (χ4n) is 2.34. The van der Waals surface area contributed by atoms with E-state index in [1.54, 1.807) is 0 Å². The Bertz CT molecular complexity index is 192. The molecule has 88 valence electrons. The lowest BCUT2D eigenvalue weighted by Gasteiger charge is -2.36. The molecule has 15 heavy (non-hydrogen) atoms. The summed E-state index contributed by atoms with van der Waals surface area (Å²) in [6.07, 6.45) is 6.96. The van der Waals surface area contributed by atoms with Crippen LogP contribution in [0.4, 0.5) is 0 Å². The van der Waals surface area contributed by atoms with E-state index in [0.29, 0.717) is 18.9 Å². The second-order valence-corrected chi connectivity index (χ2v) is 4.35. The van der Waals surface area contributed by atoms with Crippen molar-refractivity contribution in [2.24, 2.45) is 0 Å². The van der Waals surface area contributed by atoms with Crippen LogP contribution in [0, 0.1) is 0 Å². The van der Waals surface area contributed by atoms with Crippen molar-refractivity contribution in [3.63, 3.8) is 0 Å². The molecule has 0 aromatic heterocycles. The van der Waals surface area contributed by atoms with Crippen LogP contribution >= 0.6 is 0 Å². The first-order chi connectivity index (χ1) is 7.29. The molecule has 1 unspecified atom stereocenters. The smallest absolute Gasteiger partial charge is 0.222 e. The summed E-state index contributed by atoms with van der Waals surface area (Å²) in [5.41, 5.74) is 0. The van der Waals surface area contributed by atoms with Crippen LogP contribution in [0.5, 0.6) is 0 Å². The summed E-state index contributed by atoms with van der Waals surface area (Å²) in [7, 11) is 0. The number of rotatable bonds is 5. The molecule has 1 rings (SSSR count). The molecule has 1 atom stereocenters. The van der Waals surface area contributed by atoms with Gasteiger partial charge in [0.05, 0.1) is 0 Å². The number of carbonyl (C=O) groups is 1. The molecular weight excluding hydrogens is 190 g/mol. The minimum atomic E-state index is 0.123. The zero-order valence-corrected chi connectivity index (χ0v) is 9.74. The van der Waals surface area contributed by atoms with E-state index in [2.05, 4.69) is 6.92 Å². The van der Waals surface area contributed by atoms with Crippen LogP contribution in [-0.4, -0.2) is 35.1 Å². The van der Waals surface area contributed by atoms with Gasteiger partial charge in [0.15, 0.2) is 0 Å². The van der Waals surface area contributed by atoms with Gasteiger partial charge >= 0.3 is 0 Å². The van der Waals surface area contributed by atoms with Crippen molar-refractivity contribution < 1.29 is 9.90 Å². The summed E-state index contributed by atoms with van der Waals surface area (Å²) in [5.74, 6) is 0.238. The summed E-state index contributed by atoms with van der Waals surface area (Å²) >= 11 is 0. The monoisotopic (exact) mass is 213 g/mol. The first-order valence-corrected chi connectivity index (χ1v) is 6.20. The molecule has 0 aliphatic carbocycles. The molecule has 1 fully saturated rings. The molecule has 3 heteroatoms. The Balaban J connectivity index is 2.43. The molecular formula is C12H23NO2. The lowest BCUT2D eigenvalue weighted by Crippen LogP contribution is -2.43. The predicted octanol–water partition coefficient (Wildman–Crippen LogP) is 1.94. The highest BCUT2D eigenvalue weighted by atomic mass is 16.3. The van der Waals surface area contributed by atoms with Gasteiger partial charge in [0, 0.05) is 25.6 Å². The molecule has 1 aliphatic rings. The Morgan fingerprint density at radius 1 is 1.47 bits per heavy atom. The largest absolute Gasteiger partial charge is 0.396 e. The van der Waals surface area contributed by atoms with Crippen LogP contribution in [-0.2, 0) is 4.79 Å². The summed E-state index contributed by atoms with van der Waals surface area (Å²) in [6.45, 7) is 3.22.